The molecule has 1 heterocycles. The molecule has 1 unspecified atom stereocenters. The predicted octanol–water partition coefficient (Wildman–Crippen LogP) is 0.585. The summed E-state index contributed by atoms with van der Waals surface area (Å²) < 4.78 is 0. The van der Waals surface area contributed by atoms with Crippen LogP contribution in [-0.2, 0) is 4.79 Å². The van der Waals surface area contributed by atoms with E-state index in [1.165, 1.54) is 6.42 Å². The van der Waals surface area contributed by atoms with Crippen LogP contribution in [0.5, 0.6) is 0 Å². The van der Waals surface area contributed by atoms with Gasteiger partial charge in [-0.05, 0) is 26.9 Å². The van der Waals surface area contributed by atoms with Crippen LogP contribution in [0.4, 0.5) is 0 Å². The lowest BCUT2D eigenvalue weighted by Crippen LogP contribution is -2.57. The third-order valence-corrected chi connectivity index (χ3v) is 5.48. The van der Waals surface area contributed by atoms with E-state index in [2.05, 4.69) is 29.2 Å². The van der Waals surface area contributed by atoms with Gasteiger partial charge in [0.25, 0.3) is 0 Å². The summed E-state index contributed by atoms with van der Waals surface area (Å²) in [6.07, 6.45) is 4.85. The maximum atomic E-state index is 12.7. The highest BCUT2D eigenvalue weighted by Crippen LogP contribution is 2.36. The van der Waals surface area contributed by atoms with Crippen molar-refractivity contribution in [2.24, 2.45) is 11.1 Å². The number of amides is 1. The van der Waals surface area contributed by atoms with Crippen molar-refractivity contribution in [1.82, 2.24) is 15.1 Å². The molecule has 1 atom stereocenters. The summed E-state index contributed by atoms with van der Waals surface area (Å²) in [6.45, 7) is 3.77. The lowest BCUT2D eigenvalue weighted by atomic mass is 9.73. The van der Waals surface area contributed by atoms with E-state index in [0.29, 0.717) is 17.6 Å². The number of nitrogens with two attached hydrogens (primary N) is 1. The predicted molar refractivity (Wildman–Crippen MR) is 89.2 cm³/mol. The van der Waals surface area contributed by atoms with Crippen molar-refractivity contribution in [1.29, 1.82) is 0 Å². The summed E-state index contributed by atoms with van der Waals surface area (Å²) in [7, 11) is 4.24. The Labute approximate surface area is 133 Å². The second-order valence-corrected chi connectivity index (χ2v) is 7.05. The minimum atomic E-state index is -0.604. The first-order valence-corrected chi connectivity index (χ1v) is 8.33. The van der Waals surface area contributed by atoms with Crippen molar-refractivity contribution >= 4 is 23.1 Å². The van der Waals surface area contributed by atoms with Crippen molar-refractivity contribution < 1.29 is 4.79 Å². The third-order valence-electron chi connectivity index (χ3n) is 5.09. The number of nitrogens with one attached hydrogen (secondary N) is 1. The molecule has 0 aromatic heterocycles. The third kappa shape index (κ3) is 3.73. The smallest absolute Gasteiger partial charge is 0.233 e. The zero-order chi connectivity index (χ0) is 15.5. The topological polar surface area (TPSA) is 61.6 Å². The molecule has 0 aromatic carbocycles. The zero-order valence-electron chi connectivity index (χ0n) is 13.2. The monoisotopic (exact) mass is 312 g/mol. The summed E-state index contributed by atoms with van der Waals surface area (Å²) >= 11 is 5.21. The maximum Gasteiger partial charge on any atom is 0.233 e. The van der Waals surface area contributed by atoms with Gasteiger partial charge in [-0.1, -0.05) is 31.5 Å². The molecule has 2 rings (SSSR count). The van der Waals surface area contributed by atoms with Crippen LogP contribution in [0.25, 0.3) is 0 Å². The molecule has 0 spiro atoms. The van der Waals surface area contributed by atoms with Crippen LogP contribution in [0.15, 0.2) is 0 Å². The Hall–Kier alpha value is -0.720. The Morgan fingerprint density at radius 3 is 2.57 bits per heavy atom. The summed E-state index contributed by atoms with van der Waals surface area (Å²) in [5.74, 6) is 0.0383. The van der Waals surface area contributed by atoms with E-state index < -0.39 is 5.41 Å². The minimum Gasteiger partial charge on any atom is -0.392 e. The Balaban J connectivity index is 1.94. The largest absolute Gasteiger partial charge is 0.392 e. The van der Waals surface area contributed by atoms with E-state index in [9.17, 15) is 4.79 Å². The molecule has 1 saturated carbocycles. The molecule has 1 aliphatic carbocycles. The first kappa shape index (κ1) is 16.6. The highest BCUT2D eigenvalue weighted by molar-refractivity contribution is 7.80. The number of nitrogens with zero attached hydrogens (tertiary/aromatic N) is 2. The highest BCUT2D eigenvalue weighted by atomic mass is 32.1. The number of piperazine rings is 1. The Morgan fingerprint density at radius 2 is 1.95 bits per heavy atom. The SMILES string of the molecule is CN1CCN(C)C(CNC(=O)C2(C(N)=S)CCCCC2)C1. The Kier molecular flexibility index (Phi) is 5.57. The van der Waals surface area contributed by atoms with Crippen LogP contribution in [0.2, 0.25) is 0 Å². The lowest BCUT2D eigenvalue weighted by Gasteiger charge is -2.39. The van der Waals surface area contributed by atoms with E-state index in [-0.39, 0.29) is 5.91 Å². The molecule has 3 N–H and O–H groups in total. The van der Waals surface area contributed by atoms with Gasteiger partial charge in [0.1, 0.15) is 0 Å². The van der Waals surface area contributed by atoms with Crippen molar-refractivity contribution in [2.75, 3.05) is 40.3 Å². The fourth-order valence-corrected chi connectivity index (χ4v) is 3.74. The van der Waals surface area contributed by atoms with Gasteiger partial charge in [0.05, 0.1) is 10.4 Å². The molecule has 2 aliphatic rings. The van der Waals surface area contributed by atoms with E-state index in [1.54, 1.807) is 0 Å². The summed E-state index contributed by atoms with van der Waals surface area (Å²) in [4.78, 5) is 17.7. The van der Waals surface area contributed by atoms with E-state index in [0.717, 1.165) is 45.3 Å². The molecule has 0 aromatic rings. The molecule has 5 nitrogen and oxygen atoms in total. The first-order chi connectivity index (χ1) is 9.95. The fourth-order valence-electron chi connectivity index (χ4n) is 3.44. The van der Waals surface area contributed by atoms with E-state index >= 15 is 0 Å². The van der Waals surface area contributed by atoms with Crippen LogP contribution in [0, 0.1) is 5.41 Å². The second kappa shape index (κ2) is 7.03. The molecule has 6 heteroatoms. The van der Waals surface area contributed by atoms with E-state index in [1.807, 2.05) is 0 Å². The van der Waals surface area contributed by atoms with E-state index in [4.69, 9.17) is 18.0 Å². The molecular formula is C15H28N4OS. The number of rotatable bonds is 4. The molecule has 21 heavy (non-hydrogen) atoms. The second-order valence-electron chi connectivity index (χ2n) is 6.61. The first-order valence-electron chi connectivity index (χ1n) is 7.93. The van der Waals surface area contributed by atoms with Gasteiger partial charge < -0.3 is 16.0 Å². The highest BCUT2D eigenvalue weighted by Gasteiger charge is 2.42. The van der Waals surface area contributed by atoms with Crippen LogP contribution < -0.4 is 11.1 Å². The van der Waals surface area contributed by atoms with Gasteiger partial charge in [0.15, 0.2) is 0 Å². The van der Waals surface area contributed by atoms with Crippen LogP contribution in [0.1, 0.15) is 32.1 Å². The molecule has 0 bridgehead atoms. The molecule has 120 valence electrons. The normalized spacial score (nSPS) is 27.2. The molecule has 2 fully saturated rings. The number of hydrogen-bond acceptors (Lipinski definition) is 4. The average Bonchev–Trinajstić information content (AvgIpc) is 2.48. The average molecular weight is 312 g/mol. The van der Waals surface area contributed by atoms with Gasteiger partial charge in [-0.25, -0.2) is 0 Å². The van der Waals surface area contributed by atoms with Gasteiger partial charge >= 0.3 is 0 Å². The number of hydrogen-bond donors (Lipinski definition) is 2. The van der Waals surface area contributed by atoms with Gasteiger partial charge in [-0.15, -0.1) is 0 Å². The summed E-state index contributed by atoms with van der Waals surface area (Å²) in [6, 6.07) is 0.361. The number of carbonyl (C=O) groups excluding carboxylic acids is 1. The van der Waals surface area contributed by atoms with Gasteiger partial charge in [-0.3, -0.25) is 9.69 Å². The molecule has 1 saturated heterocycles. The zero-order valence-corrected chi connectivity index (χ0v) is 14.0. The standard InChI is InChI=1S/C15H28N4OS/c1-18-8-9-19(2)12(11-18)10-17-14(20)15(13(16)21)6-4-3-5-7-15/h12H,3-11H2,1-2H3,(H2,16,21)(H,17,20). The molecule has 1 amide bonds. The van der Waals surface area contributed by atoms with Gasteiger partial charge in [-0.2, -0.15) is 0 Å². The Bertz CT molecular complexity index is 395. The molecule has 1 aliphatic heterocycles. The summed E-state index contributed by atoms with van der Waals surface area (Å²) in [5.41, 5.74) is 5.31. The van der Waals surface area contributed by atoms with Crippen LogP contribution in [-0.4, -0.2) is 67.0 Å². The van der Waals surface area contributed by atoms with Crippen molar-refractivity contribution in [2.45, 2.75) is 38.1 Å². The minimum absolute atomic E-state index is 0.0383. The van der Waals surface area contributed by atoms with Crippen molar-refractivity contribution in [3.63, 3.8) is 0 Å². The molecule has 0 radical (unpaired) electrons. The number of thiocarbonyl (C=S) groups is 1. The maximum absolute atomic E-state index is 12.7. The number of likely N-dealkylation sites (N-methyl/N-ethyl adjacent to an activating group) is 2. The van der Waals surface area contributed by atoms with Crippen molar-refractivity contribution in [3.05, 3.63) is 0 Å². The quantitative estimate of drug-likeness (QED) is 0.744. The van der Waals surface area contributed by atoms with Gasteiger partial charge in [0.2, 0.25) is 5.91 Å². The number of carbonyl (C=O) groups is 1. The summed E-state index contributed by atoms with van der Waals surface area (Å²) in [5, 5.41) is 3.12. The molecular weight excluding hydrogens is 284 g/mol. The Morgan fingerprint density at radius 1 is 1.29 bits per heavy atom. The van der Waals surface area contributed by atoms with Crippen LogP contribution >= 0.6 is 12.2 Å². The fraction of sp³-hybridized carbons (Fsp3) is 0.867. The van der Waals surface area contributed by atoms with Crippen LogP contribution in [0.3, 0.4) is 0 Å². The van der Waals surface area contributed by atoms with Gasteiger partial charge in [0, 0.05) is 32.2 Å². The lowest BCUT2D eigenvalue weighted by molar-refractivity contribution is -0.129. The van der Waals surface area contributed by atoms with Crippen molar-refractivity contribution in [3.8, 4) is 0 Å².